The van der Waals surface area contributed by atoms with E-state index >= 15 is 0 Å². The Kier molecular flexibility index (Phi) is 6.16. The SMILES string of the molecule is COc1cccc(-c2nn(Cc3c(F)cccc3Cl)c(-c3cccc(OC)c3)c2Cl)c1. The van der Waals surface area contributed by atoms with Crippen LogP contribution in [0.1, 0.15) is 5.56 Å². The average molecular weight is 457 g/mol. The Morgan fingerprint density at radius 2 is 1.48 bits per heavy atom. The van der Waals surface area contributed by atoms with Crippen molar-refractivity contribution < 1.29 is 13.9 Å². The zero-order chi connectivity index (χ0) is 22.0. The molecule has 7 heteroatoms. The molecule has 0 radical (unpaired) electrons. The molecular formula is C24H19Cl2FN2O2. The maximum atomic E-state index is 14.5. The Morgan fingerprint density at radius 1 is 0.871 bits per heavy atom. The first kappa shape index (κ1) is 21.2. The Balaban J connectivity index is 1.91. The van der Waals surface area contributed by atoms with Crippen LogP contribution in [0, 0.1) is 5.82 Å². The van der Waals surface area contributed by atoms with Gasteiger partial charge >= 0.3 is 0 Å². The lowest BCUT2D eigenvalue weighted by Crippen LogP contribution is -2.06. The number of nitrogens with zero attached hydrogens (tertiary/aromatic N) is 2. The minimum Gasteiger partial charge on any atom is -0.497 e. The quantitative estimate of drug-likeness (QED) is 0.322. The molecule has 1 heterocycles. The molecule has 0 aliphatic rings. The largest absolute Gasteiger partial charge is 0.497 e. The third kappa shape index (κ3) is 4.24. The molecule has 0 bridgehead atoms. The van der Waals surface area contributed by atoms with Gasteiger partial charge in [-0.1, -0.05) is 53.5 Å². The number of hydrogen-bond acceptors (Lipinski definition) is 3. The highest BCUT2D eigenvalue weighted by Gasteiger charge is 2.21. The van der Waals surface area contributed by atoms with Crippen molar-refractivity contribution in [2.24, 2.45) is 0 Å². The van der Waals surface area contributed by atoms with E-state index in [1.165, 1.54) is 6.07 Å². The van der Waals surface area contributed by atoms with Gasteiger partial charge in [-0.25, -0.2) is 4.39 Å². The van der Waals surface area contributed by atoms with E-state index in [1.807, 2.05) is 48.5 Å². The van der Waals surface area contributed by atoms with Gasteiger partial charge < -0.3 is 9.47 Å². The van der Waals surface area contributed by atoms with E-state index in [1.54, 1.807) is 31.0 Å². The molecule has 31 heavy (non-hydrogen) atoms. The summed E-state index contributed by atoms with van der Waals surface area (Å²) in [6, 6.07) is 19.5. The van der Waals surface area contributed by atoms with E-state index in [9.17, 15) is 4.39 Å². The molecule has 0 atom stereocenters. The van der Waals surface area contributed by atoms with Gasteiger partial charge in [-0.15, -0.1) is 0 Å². The van der Waals surface area contributed by atoms with Crippen LogP contribution in [-0.4, -0.2) is 24.0 Å². The molecule has 4 nitrogen and oxygen atoms in total. The molecule has 0 saturated heterocycles. The molecule has 4 rings (SSSR count). The minimum atomic E-state index is -0.404. The molecule has 0 N–H and O–H groups in total. The predicted octanol–water partition coefficient (Wildman–Crippen LogP) is 6.73. The minimum absolute atomic E-state index is 0.113. The van der Waals surface area contributed by atoms with Gasteiger partial charge in [-0.2, -0.15) is 5.10 Å². The Hall–Kier alpha value is -3.02. The summed E-state index contributed by atoms with van der Waals surface area (Å²) in [5.41, 5.74) is 3.11. The second-order valence-corrected chi connectivity index (χ2v) is 7.62. The van der Waals surface area contributed by atoms with Gasteiger partial charge in [0.2, 0.25) is 0 Å². The van der Waals surface area contributed by atoms with Crippen LogP contribution in [0.2, 0.25) is 10.0 Å². The zero-order valence-corrected chi connectivity index (χ0v) is 18.4. The molecule has 1 aromatic heterocycles. The lowest BCUT2D eigenvalue weighted by atomic mass is 10.1. The van der Waals surface area contributed by atoms with E-state index in [4.69, 9.17) is 37.8 Å². The Bertz CT molecular complexity index is 1220. The van der Waals surface area contributed by atoms with Gasteiger partial charge in [0.25, 0.3) is 0 Å². The molecule has 0 saturated carbocycles. The highest BCUT2D eigenvalue weighted by molar-refractivity contribution is 6.35. The summed E-state index contributed by atoms with van der Waals surface area (Å²) >= 11 is 13.1. The van der Waals surface area contributed by atoms with Crippen molar-refractivity contribution in [1.29, 1.82) is 0 Å². The summed E-state index contributed by atoms with van der Waals surface area (Å²) in [7, 11) is 3.19. The molecule has 0 spiro atoms. The number of ether oxygens (including phenoxy) is 2. The highest BCUT2D eigenvalue weighted by Crippen LogP contribution is 2.39. The van der Waals surface area contributed by atoms with Crippen molar-refractivity contribution in [3.63, 3.8) is 0 Å². The van der Waals surface area contributed by atoms with Crippen molar-refractivity contribution in [2.75, 3.05) is 14.2 Å². The van der Waals surface area contributed by atoms with E-state index in [2.05, 4.69) is 0 Å². The number of benzene rings is 3. The molecule has 0 unspecified atom stereocenters. The van der Waals surface area contributed by atoms with E-state index in [-0.39, 0.29) is 6.54 Å². The third-order valence-electron chi connectivity index (χ3n) is 4.95. The summed E-state index contributed by atoms with van der Waals surface area (Å²) in [5.74, 6) is 0.954. The Labute approximate surface area is 189 Å². The van der Waals surface area contributed by atoms with E-state index in [0.29, 0.717) is 38.5 Å². The first-order chi connectivity index (χ1) is 15.0. The van der Waals surface area contributed by atoms with Crippen LogP contribution in [0.15, 0.2) is 66.7 Å². The van der Waals surface area contributed by atoms with Crippen LogP contribution in [0.5, 0.6) is 11.5 Å². The van der Waals surface area contributed by atoms with Crippen LogP contribution in [-0.2, 0) is 6.54 Å². The second kappa shape index (κ2) is 9.00. The van der Waals surface area contributed by atoms with Crippen molar-refractivity contribution >= 4 is 23.2 Å². The maximum Gasteiger partial charge on any atom is 0.129 e. The van der Waals surface area contributed by atoms with Crippen LogP contribution >= 0.6 is 23.2 Å². The van der Waals surface area contributed by atoms with Crippen molar-refractivity contribution in [3.05, 3.63) is 88.2 Å². The monoisotopic (exact) mass is 456 g/mol. The van der Waals surface area contributed by atoms with Gasteiger partial charge in [-0.05, 0) is 36.4 Å². The van der Waals surface area contributed by atoms with E-state index < -0.39 is 5.82 Å². The third-order valence-corrected chi connectivity index (χ3v) is 5.66. The maximum absolute atomic E-state index is 14.5. The van der Waals surface area contributed by atoms with Crippen LogP contribution in [0.4, 0.5) is 4.39 Å². The van der Waals surface area contributed by atoms with Crippen LogP contribution in [0.3, 0.4) is 0 Å². The van der Waals surface area contributed by atoms with Gasteiger partial charge in [0.15, 0.2) is 0 Å². The topological polar surface area (TPSA) is 36.3 Å². The fourth-order valence-corrected chi connectivity index (χ4v) is 3.96. The molecule has 4 aromatic rings. The first-order valence-electron chi connectivity index (χ1n) is 9.50. The summed E-state index contributed by atoms with van der Waals surface area (Å²) in [6.07, 6.45) is 0. The summed E-state index contributed by atoms with van der Waals surface area (Å²) < 4.78 is 26.9. The number of rotatable bonds is 6. The molecule has 0 amide bonds. The van der Waals surface area contributed by atoms with Gasteiger partial charge in [0.1, 0.15) is 23.0 Å². The normalized spacial score (nSPS) is 10.9. The number of halogens is 3. The van der Waals surface area contributed by atoms with Crippen molar-refractivity contribution in [1.82, 2.24) is 9.78 Å². The van der Waals surface area contributed by atoms with Crippen molar-refractivity contribution in [2.45, 2.75) is 6.54 Å². The molecule has 0 fully saturated rings. The summed E-state index contributed by atoms with van der Waals surface area (Å²) in [4.78, 5) is 0. The molecule has 0 aliphatic carbocycles. The average Bonchev–Trinajstić information content (AvgIpc) is 3.12. The molecule has 3 aromatic carbocycles. The highest BCUT2D eigenvalue weighted by atomic mass is 35.5. The number of aromatic nitrogens is 2. The van der Waals surface area contributed by atoms with Crippen molar-refractivity contribution in [3.8, 4) is 34.0 Å². The van der Waals surface area contributed by atoms with E-state index in [0.717, 1.165) is 11.1 Å². The lowest BCUT2D eigenvalue weighted by molar-refractivity contribution is 0.415. The standard InChI is InChI=1S/C24H19Cl2FN2O2/c1-30-17-8-3-6-15(12-17)23-22(26)24(16-7-4-9-18(13-16)31-2)29(28-23)14-19-20(25)10-5-11-21(19)27/h3-13H,14H2,1-2H3. The van der Waals surface area contributed by atoms with Gasteiger partial charge in [-0.3, -0.25) is 4.68 Å². The number of methoxy groups -OCH3 is 2. The van der Waals surface area contributed by atoms with Gasteiger partial charge in [0.05, 0.1) is 31.5 Å². The predicted molar refractivity (Wildman–Crippen MR) is 122 cm³/mol. The summed E-state index contributed by atoms with van der Waals surface area (Å²) in [6.45, 7) is 0.113. The second-order valence-electron chi connectivity index (χ2n) is 6.83. The van der Waals surface area contributed by atoms with Crippen LogP contribution < -0.4 is 9.47 Å². The fourth-order valence-electron chi connectivity index (χ4n) is 3.39. The fraction of sp³-hybridized carbons (Fsp3) is 0.125. The molecular weight excluding hydrogens is 438 g/mol. The summed E-state index contributed by atoms with van der Waals surface area (Å²) in [5, 5.41) is 5.49. The first-order valence-corrected chi connectivity index (χ1v) is 10.3. The van der Waals surface area contributed by atoms with Crippen LogP contribution in [0.25, 0.3) is 22.5 Å². The Morgan fingerprint density at radius 3 is 2.13 bits per heavy atom. The van der Waals surface area contributed by atoms with Gasteiger partial charge in [0, 0.05) is 21.7 Å². The number of hydrogen-bond donors (Lipinski definition) is 0. The molecule has 0 aliphatic heterocycles. The smallest absolute Gasteiger partial charge is 0.129 e. The zero-order valence-electron chi connectivity index (χ0n) is 16.9. The molecule has 158 valence electrons. The lowest BCUT2D eigenvalue weighted by Gasteiger charge is -2.11.